The Labute approximate surface area is 92.4 Å². The number of carbonyl (C=O) groups is 1. The number of hydrogen-bond donors (Lipinski definition) is 1. The Balaban J connectivity index is 2.77. The minimum Gasteiger partial charge on any atom is -0.481 e. The van der Waals surface area contributed by atoms with Crippen molar-refractivity contribution >= 4 is 5.97 Å². The van der Waals surface area contributed by atoms with Gasteiger partial charge in [0.1, 0.15) is 6.10 Å². The highest BCUT2D eigenvalue weighted by atomic mass is 17.0. The Morgan fingerprint density at radius 2 is 2.25 bits per heavy atom. The highest BCUT2D eigenvalue weighted by Crippen LogP contribution is 2.36. The Hall–Kier alpha value is -1.37. The van der Waals surface area contributed by atoms with E-state index in [0.29, 0.717) is 12.8 Å². The lowest BCUT2D eigenvalue weighted by atomic mass is 9.77. The highest BCUT2D eigenvalue weighted by molar-refractivity contribution is 5.70. The van der Waals surface area contributed by atoms with Gasteiger partial charge >= 0.3 is 5.97 Å². The normalized spacial score (nSPS) is 34.4. The fourth-order valence-electron chi connectivity index (χ4n) is 1.96. The van der Waals surface area contributed by atoms with Gasteiger partial charge in [0.15, 0.2) is 0 Å². The van der Waals surface area contributed by atoms with Gasteiger partial charge < -0.3 is 14.7 Å². The first-order valence-electron chi connectivity index (χ1n) is 4.98. The lowest BCUT2D eigenvalue weighted by Gasteiger charge is -2.40. The van der Waals surface area contributed by atoms with E-state index in [9.17, 15) is 14.9 Å². The Kier molecular flexibility index (Phi) is 3.69. The molecule has 1 aliphatic rings. The largest absolute Gasteiger partial charge is 0.481 e. The van der Waals surface area contributed by atoms with Crippen molar-refractivity contribution in [2.24, 2.45) is 5.92 Å². The number of nitrogens with zero attached hydrogens (tertiary/aromatic N) is 1. The van der Waals surface area contributed by atoms with Gasteiger partial charge in [-0.2, -0.15) is 0 Å². The first-order chi connectivity index (χ1) is 7.39. The summed E-state index contributed by atoms with van der Waals surface area (Å²) in [6.07, 6.45) is 0.138. The fourth-order valence-corrected chi connectivity index (χ4v) is 1.96. The molecule has 0 spiro atoms. The maximum absolute atomic E-state index is 10.8. The molecule has 1 saturated carbocycles. The van der Waals surface area contributed by atoms with E-state index >= 15 is 0 Å². The summed E-state index contributed by atoms with van der Waals surface area (Å²) in [5.41, 5.74) is -0.793. The van der Waals surface area contributed by atoms with Crippen molar-refractivity contribution in [3.8, 4) is 0 Å². The number of hydrogen-bond acceptors (Lipinski definition) is 5. The number of ether oxygens (including phenoxy) is 1. The predicted molar refractivity (Wildman–Crippen MR) is 52.3 cm³/mol. The molecule has 0 saturated heterocycles. The molecule has 0 aromatic heterocycles. The van der Waals surface area contributed by atoms with Crippen molar-refractivity contribution < 1.29 is 24.6 Å². The predicted octanol–water partition coefficient (Wildman–Crippen LogP) is 0.853. The number of carboxylic acids is 1. The van der Waals surface area contributed by atoms with Crippen molar-refractivity contribution in [3.63, 3.8) is 0 Å². The smallest absolute Gasteiger partial charge is 0.306 e. The van der Waals surface area contributed by atoms with Crippen LogP contribution in [-0.2, 0) is 14.4 Å². The molecular weight excluding hydrogens is 218 g/mol. The van der Waals surface area contributed by atoms with E-state index in [4.69, 9.17) is 9.84 Å². The SMILES string of the molecule is CO[C@@]1(C)CC[C@H](C(=O)O)C[C@@H]1O[N+](=O)[O-]. The van der Waals surface area contributed by atoms with Crippen molar-refractivity contribution in [2.75, 3.05) is 7.11 Å². The van der Waals surface area contributed by atoms with E-state index in [2.05, 4.69) is 4.84 Å². The van der Waals surface area contributed by atoms with Crippen LogP contribution in [0.15, 0.2) is 0 Å². The van der Waals surface area contributed by atoms with Crippen molar-refractivity contribution in [3.05, 3.63) is 10.1 Å². The van der Waals surface area contributed by atoms with E-state index in [1.54, 1.807) is 6.92 Å². The van der Waals surface area contributed by atoms with Gasteiger partial charge in [-0.05, 0) is 26.2 Å². The van der Waals surface area contributed by atoms with Gasteiger partial charge in [0.25, 0.3) is 5.09 Å². The molecule has 92 valence electrons. The maximum Gasteiger partial charge on any atom is 0.306 e. The van der Waals surface area contributed by atoms with Crippen molar-refractivity contribution in [1.82, 2.24) is 0 Å². The quantitative estimate of drug-likeness (QED) is 0.571. The average Bonchev–Trinajstić information content (AvgIpc) is 2.20. The van der Waals surface area contributed by atoms with E-state index in [0.717, 1.165) is 0 Å². The van der Waals surface area contributed by atoms with Crippen LogP contribution in [-0.4, -0.2) is 35.0 Å². The zero-order valence-corrected chi connectivity index (χ0v) is 9.21. The van der Waals surface area contributed by atoms with Crippen LogP contribution in [0.4, 0.5) is 0 Å². The molecule has 1 aliphatic carbocycles. The minimum absolute atomic E-state index is 0.0979. The average molecular weight is 233 g/mol. The first kappa shape index (κ1) is 12.7. The van der Waals surface area contributed by atoms with Gasteiger partial charge in [0.05, 0.1) is 11.5 Å². The van der Waals surface area contributed by atoms with Crippen LogP contribution in [0, 0.1) is 16.0 Å². The van der Waals surface area contributed by atoms with Gasteiger partial charge in [-0.3, -0.25) is 4.79 Å². The van der Waals surface area contributed by atoms with Gasteiger partial charge in [0, 0.05) is 7.11 Å². The third-order valence-electron chi connectivity index (χ3n) is 3.20. The third kappa shape index (κ3) is 2.60. The summed E-state index contributed by atoms with van der Waals surface area (Å²) >= 11 is 0. The molecule has 0 amide bonds. The molecule has 1 N–H and O–H groups in total. The Morgan fingerprint density at radius 3 is 2.69 bits per heavy atom. The molecule has 0 aliphatic heterocycles. The van der Waals surface area contributed by atoms with Crippen LogP contribution < -0.4 is 0 Å². The molecule has 1 rings (SSSR count). The molecule has 0 aromatic rings. The van der Waals surface area contributed by atoms with Crippen LogP contribution in [0.3, 0.4) is 0 Å². The second kappa shape index (κ2) is 4.65. The van der Waals surface area contributed by atoms with E-state index < -0.39 is 28.7 Å². The van der Waals surface area contributed by atoms with E-state index in [1.807, 2.05) is 0 Å². The van der Waals surface area contributed by atoms with E-state index in [1.165, 1.54) is 7.11 Å². The molecular formula is C9H15NO6. The summed E-state index contributed by atoms with van der Waals surface area (Å²) in [6, 6.07) is 0. The zero-order valence-electron chi connectivity index (χ0n) is 9.21. The lowest BCUT2D eigenvalue weighted by molar-refractivity contribution is -0.773. The van der Waals surface area contributed by atoms with Crippen LogP contribution in [0.25, 0.3) is 0 Å². The molecule has 3 atom stereocenters. The van der Waals surface area contributed by atoms with Crippen molar-refractivity contribution in [2.45, 2.75) is 37.9 Å². The Bertz CT molecular complexity index is 294. The number of rotatable bonds is 4. The summed E-state index contributed by atoms with van der Waals surface area (Å²) in [4.78, 5) is 25.7. The molecule has 0 heterocycles. The molecule has 7 nitrogen and oxygen atoms in total. The summed E-state index contributed by atoms with van der Waals surface area (Å²) in [6.45, 7) is 1.69. The molecule has 16 heavy (non-hydrogen) atoms. The van der Waals surface area contributed by atoms with Crippen LogP contribution >= 0.6 is 0 Å². The van der Waals surface area contributed by atoms with Crippen LogP contribution in [0.1, 0.15) is 26.2 Å². The molecule has 7 heteroatoms. The standard InChI is InChI=1S/C9H15NO6/c1-9(15-2)4-3-6(8(11)12)5-7(9)16-10(13)14/h6-7H,3-5H2,1-2H3,(H,11,12)/t6-,7-,9-/m0/s1. The third-order valence-corrected chi connectivity index (χ3v) is 3.20. The number of methoxy groups -OCH3 is 1. The van der Waals surface area contributed by atoms with E-state index in [-0.39, 0.29) is 6.42 Å². The van der Waals surface area contributed by atoms with Gasteiger partial charge in [-0.25, -0.2) is 0 Å². The van der Waals surface area contributed by atoms with Crippen LogP contribution in [0.5, 0.6) is 0 Å². The summed E-state index contributed by atoms with van der Waals surface area (Å²) in [5.74, 6) is -1.55. The zero-order chi connectivity index (χ0) is 12.3. The summed E-state index contributed by atoms with van der Waals surface area (Å²) in [5, 5.41) is 18.3. The highest BCUT2D eigenvalue weighted by Gasteiger charge is 2.44. The molecule has 0 aromatic carbocycles. The molecule has 0 bridgehead atoms. The van der Waals surface area contributed by atoms with Crippen molar-refractivity contribution in [1.29, 1.82) is 0 Å². The second-order valence-electron chi connectivity index (χ2n) is 4.14. The minimum atomic E-state index is -0.949. The first-order valence-corrected chi connectivity index (χ1v) is 4.98. The topological polar surface area (TPSA) is 98.9 Å². The lowest BCUT2D eigenvalue weighted by Crippen LogP contribution is -2.49. The van der Waals surface area contributed by atoms with Crippen LogP contribution in [0.2, 0.25) is 0 Å². The summed E-state index contributed by atoms with van der Waals surface area (Å²) in [7, 11) is 1.44. The number of aliphatic carboxylic acids is 1. The summed E-state index contributed by atoms with van der Waals surface area (Å²) < 4.78 is 5.20. The molecule has 1 fully saturated rings. The Morgan fingerprint density at radius 1 is 1.62 bits per heavy atom. The maximum atomic E-state index is 10.8. The van der Waals surface area contributed by atoms with Gasteiger partial charge in [0.2, 0.25) is 0 Å². The number of carboxylic acid groups (broad SMARTS) is 1. The monoisotopic (exact) mass is 233 g/mol. The molecule has 0 radical (unpaired) electrons. The second-order valence-corrected chi connectivity index (χ2v) is 4.14. The molecule has 0 unspecified atom stereocenters. The fraction of sp³-hybridized carbons (Fsp3) is 0.889. The van der Waals surface area contributed by atoms with Gasteiger partial charge in [-0.15, -0.1) is 10.1 Å². The van der Waals surface area contributed by atoms with Gasteiger partial charge in [-0.1, -0.05) is 0 Å².